The number of anilines is 1. The van der Waals surface area contributed by atoms with Crippen molar-refractivity contribution in [1.82, 2.24) is 5.32 Å². The summed E-state index contributed by atoms with van der Waals surface area (Å²) in [5, 5.41) is 2.88. The van der Waals surface area contributed by atoms with E-state index in [0.29, 0.717) is 42.5 Å². The van der Waals surface area contributed by atoms with Gasteiger partial charge >= 0.3 is 0 Å². The van der Waals surface area contributed by atoms with E-state index in [-0.39, 0.29) is 10.8 Å². The van der Waals surface area contributed by atoms with Crippen LogP contribution < -0.4 is 19.5 Å². The number of carbonyl (C=O) groups is 1. The van der Waals surface area contributed by atoms with Crippen molar-refractivity contribution in [3.63, 3.8) is 0 Å². The first-order chi connectivity index (χ1) is 16.0. The average Bonchev–Trinajstić information content (AvgIpc) is 3.07. The van der Waals surface area contributed by atoms with E-state index in [1.165, 1.54) is 23.8 Å². The monoisotopic (exact) mass is 466 g/mol. The lowest BCUT2D eigenvalue weighted by atomic mass is 10.1. The zero-order valence-electron chi connectivity index (χ0n) is 18.1. The number of fused-ring (bicyclic) bond motifs is 1. The number of hydrogen-bond donors (Lipinski definition) is 2. The maximum Gasteiger partial charge on any atom is 0.262 e. The quantitative estimate of drug-likeness (QED) is 0.489. The molecule has 1 aliphatic rings. The van der Waals surface area contributed by atoms with Gasteiger partial charge in [0, 0.05) is 30.3 Å². The SMILES string of the molecule is O=C(NCCCc1ccccc1)c1cccc(NS(=O)(=O)c2ccc3c(c2)OCCCO3)c1. The van der Waals surface area contributed by atoms with Crippen LogP contribution in [0.25, 0.3) is 0 Å². The number of carbonyl (C=O) groups excluding carboxylic acids is 1. The van der Waals surface area contributed by atoms with E-state index < -0.39 is 10.0 Å². The number of hydrogen-bond acceptors (Lipinski definition) is 5. The molecular formula is C25H26N2O5S. The largest absolute Gasteiger partial charge is 0.490 e. The Hall–Kier alpha value is -3.52. The van der Waals surface area contributed by atoms with Crippen LogP contribution in [0.15, 0.2) is 77.7 Å². The second-order valence-electron chi connectivity index (χ2n) is 7.69. The van der Waals surface area contributed by atoms with Gasteiger partial charge in [-0.3, -0.25) is 9.52 Å². The topological polar surface area (TPSA) is 93.7 Å². The molecule has 0 spiro atoms. The molecule has 0 saturated carbocycles. The molecule has 0 atom stereocenters. The minimum atomic E-state index is -3.87. The van der Waals surface area contributed by atoms with Gasteiger partial charge in [0.15, 0.2) is 11.5 Å². The molecule has 3 aromatic rings. The molecule has 1 aliphatic heterocycles. The van der Waals surface area contributed by atoms with E-state index in [4.69, 9.17) is 9.47 Å². The Labute approximate surface area is 193 Å². The first-order valence-corrected chi connectivity index (χ1v) is 12.3. The molecule has 0 saturated heterocycles. The van der Waals surface area contributed by atoms with Crippen LogP contribution in [0.2, 0.25) is 0 Å². The Balaban J connectivity index is 1.38. The molecule has 0 radical (unpaired) electrons. The molecular weight excluding hydrogens is 440 g/mol. The number of aryl methyl sites for hydroxylation is 1. The van der Waals surface area contributed by atoms with Crippen LogP contribution in [0, 0.1) is 0 Å². The predicted octanol–water partition coefficient (Wildman–Crippen LogP) is 4.01. The van der Waals surface area contributed by atoms with Crippen molar-refractivity contribution >= 4 is 21.6 Å². The Kier molecular flexibility index (Phi) is 7.14. The molecule has 8 heteroatoms. The fraction of sp³-hybridized carbons (Fsp3) is 0.240. The lowest BCUT2D eigenvalue weighted by molar-refractivity contribution is 0.0953. The van der Waals surface area contributed by atoms with Crippen molar-refractivity contribution in [1.29, 1.82) is 0 Å². The number of nitrogens with one attached hydrogen (secondary N) is 2. The van der Waals surface area contributed by atoms with Crippen LogP contribution in [0.5, 0.6) is 11.5 Å². The maximum atomic E-state index is 12.9. The molecule has 4 rings (SSSR count). The molecule has 2 N–H and O–H groups in total. The van der Waals surface area contributed by atoms with Crippen LogP contribution in [0.4, 0.5) is 5.69 Å². The fourth-order valence-electron chi connectivity index (χ4n) is 3.49. The van der Waals surface area contributed by atoms with Gasteiger partial charge in [0.2, 0.25) is 0 Å². The molecule has 0 aromatic heterocycles. The second kappa shape index (κ2) is 10.4. The molecule has 172 valence electrons. The van der Waals surface area contributed by atoms with E-state index in [1.54, 1.807) is 24.3 Å². The summed E-state index contributed by atoms with van der Waals surface area (Å²) in [6.45, 7) is 1.52. The first kappa shape index (κ1) is 22.7. The van der Waals surface area contributed by atoms with Crippen LogP contribution in [0.1, 0.15) is 28.8 Å². The Morgan fingerprint density at radius 1 is 0.879 bits per heavy atom. The van der Waals surface area contributed by atoms with Crippen molar-refractivity contribution in [3.05, 3.63) is 83.9 Å². The van der Waals surface area contributed by atoms with Gasteiger partial charge in [-0.25, -0.2) is 8.42 Å². The van der Waals surface area contributed by atoms with Gasteiger partial charge in [-0.05, 0) is 48.7 Å². The summed E-state index contributed by atoms with van der Waals surface area (Å²) in [6, 6.07) is 21.0. The van der Waals surface area contributed by atoms with Crippen molar-refractivity contribution in [2.24, 2.45) is 0 Å². The zero-order valence-corrected chi connectivity index (χ0v) is 18.9. The third-order valence-corrected chi connectivity index (χ3v) is 6.56. The van der Waals surface area contributed by atoms with Crippen LogP contribution in [0.3, 0.4) is 0 Å². The Morgan fingerprint density at radius 3 is 2.48 bits per heavy atom. The van der Waals surface area contributed by atoms with E-state index in [9.17, 15) is 13.2 Å². The lowest BCUT2D eigenvalue weighted by Crippen LogP contribution is -2.25. The molecule has 0 bridgehead atoms. The molecule has 0 fully saturated rings. The Bertz CT molecular complexity index is 1210. The number of amides is 1. The summed E-state index contributed by atoms with van der Waals surface area (Å²) in [6.07, 6.45) is 2.42. The minimum absolute atomic E-state index is 0.0579. The highest BCUT2D eigenvalue weighted by molar-refractivity contribution is 7.92. The standard InChI is InChI=1S/C25H26N2O5S/c28-25(26-14-5-9-19-7-2-1-3-8-19)20-10-4-11-21(17-20)27-33(29,30)22-12-13-23-24(18-22)32-16-6-15-31-23/h1-4,7-8,10-13,17-18,27H,5-6,9,14-16H2,(H,26,28). The highest BCUT2D eigenvalue weighted by atomic mass is 32.2. The summed E-state index contributed by atoms with van der Waals surface area (Å²) >= 11 is 0. The highest BCUT2D eigenvalue weighted by Crippen LogP contribution is 2.32. The smallest absolute Gasteiger partial charge is 0.262 e. The van der Waals surface area contributed by atoms with Gasteiger partial charge in [-0.2, -0.15) is 0 Å². The number of ether oxygens (including phenoxy) is 2. The first-order valence-electron chi connectivity index (χ1n) is 10.9. The fourth-order valence-corrected chi connectivity index (χ4v) is 4.55. The third kappa shape index (κ3) is 6.04. The van der Waals surface area contributed by atoms with Crippen LogP contribution in [-0.4, -0.2) is 34.1 Å². The summed E-state index contributed by atoms with van der Waals surface area (Å²) in [5.41, 5.74) is 1.91. The van der Waals surface area contributed by atoms with E-state index in [1.807, 2.05) is 18.2 Å². The molecule has 1 amide bonds. The predicted molar refractivity (Wildman–Crippen MR) is 126 cm³/mol. The van der Waals surface area contributed by atoms with Gasteiger partial charge in [0.05, 0.1) is 18.1 Å². The van der Waals surface area contributed by atoms with Crippen molar-refractivity contribution in [2.45, 2.75) is 24.2 Å². The number of rotatable bonds is 8. The summed E-state index contributed by atoms with van der Waals surface area (Å²) in [5.74, 6) is 0.677. The van der Waals surface area contributed by atoms with Gasteiger partial charge < -0.3 is 14.8 Å². The van der Waals surface area contributed by atoms with Gasteiger partial charge in [-0.15, -0.1) is 0 Å². The van der Waals surface area contributed by atoms with Crippen molar-refractivity contribution in [3.8, 4) is 11.5 Å². The normalized spacial score (nSPS) is 13.1. The summed E-state index contributed by atoms with van der Waals surface area (Å²) in [4.78, 5) is 12.6. The second-order valence-corrected chi connectivity index (χ2v) is 9.37. The third-order valence-electron chi connectivity index (χ3n) is 5.18. The maximum absolute atomic E-state index is 12.9. The Morgan fingerprint density at radius 2 is 1.67 bits per heavy atom. The molecule has 33 heavy (non-hydrogen) atoms. The highest BCUT2D eigenvalue weighted by Gasteiger charge is 2.19. The van der Waals surface area contributed by atoms with Gasteiger partial charge in [0.25, 0.3) is 15.9 Å². The van der Waals surface area contributed by atoms with E-state index in [2.05, 4.69) is 22.2 Å². The zero-order chi connectivity index (χ0) is 23.1. The average molecular weight is 467 g/mol. The molecule has 3 aromatic carbocycles. The minimum Gasteiger partial charge on any atom is -0.490 e. The van der Waals surface area contributed by atoms with Crippen molar-refractivity contribution in [2.75, 3.05) is 24.5 Å². The van der Waals surface area contributed by atoms with E-state index >= 15 is 0 Å². The molecule has 0 aliphatic carbocycles. The molecule has 1 heterocycles. The van der Waals surface area contributed by atoms with E-state index in [0.717, 1.165) is 19.3 Å². The number of benzene rings is 3. The molecule has 7 nitrogen and oxygen atoms in total. The lowest BCUT2D eigenvalue weighted by Gasteiger charge is -2.12. The van der Waals surface area contributed by atoms with Crippen molar-refractivity contribution < 1.29 is 22.7 Å². The van der Waals surface area contributed by atoms with Crippen LogP contribution >= 0.6 is 0 Å². The number of sulfonamides is 1. The van der Waals surface area contributed by atoms with Crippen LogP contribution in [-0.2, 0) is 16.4 Å². The summed E-state index contributed by atoms with van der Waals surface area (Å²) < 4.78 is 39.5. The molecule has 0 unspecified atom stereocenters. The van der Waals surface area contributed by atoms with Gasteiger partial charge in [0.1, 0.15) is 0 Å². The van der Waals surface area contributed by atoms with Gasteiger partial charge in [-0.1, -0.05) is 36.4 Å². The summed E-state index contributed by atoms with van der Waals surface area (Å²) in [7, 11) is -3.87.